The molecule has 1 aliphatic carbocycles. The fourth-order valence-corrected chi connectivity index (χ4v) is 8.76. The molecule has 4 unspecified atom stereocenters. The molecule has 11 nitrogen and oxygen atoms in total. The first-order chi connectivity index (χ1) is 23.1. The number of carboxylic acid groups (broad SMARTS) is 1. The second-order valence-electron chi connectivity index (χ2n) is 12.6. The average molecular weight is 687 g/mol. The Labute approximate surface area is 283 Å². The molecular weight excluding hydrogens is 636 g/mol. The molecule has 0 radical (unpaired) electrons. The third-order valence-electron chi connectivity index (χ3n) is 9.08. The van der Waals surface area contributed by atoms with Crippen molar-refractivity contribution in [3.05, 3.63) is 79.8 Å². The summed E-state index contributed by atoms with van der Waals surface area (Å²) in [4.78, 5) is 14.0. The van der Waals surface area contributed by atoms with Gasteiger partial charge in [-0.1, -0.05) is 49.4 Å². The highest BCUT2D eigenvalue weighted by molar-refractivity contribution is 7.89. The van der Waals surface area contributed by atoms with Crippen molar-refractivity contribution in [2.45, 2.75) is 87.9 Å². The van der Waals surface area contributed by atoms with Crippen LogP contribution in [0.5, 0.6) is 0 Å². The zero-order valence-electron chi connectivity index (χ0n) is 28.0. The lowest BCUT2D eigenvalue weighted by atomic mass is 9.94. The van der Waals surface area contributed by atoms with Gasteiger partial charge < -0.3 is 28.5 Å². The molecule has 2 aromatic heterocycles. The molecule has 4 rings (SSSR count). The van der Waals surface area contributed by atoms with Crippen molar-refractivity contribution >= 4 is 33.0 Å². The van der Waals surface area contributed by atoms with Crippen LogP contribution in [0.25, 0.3) is 11.2 Å². The predicted octanol–water partition coefficient (Wildman–Crippen LogP) is 6.64. The number of sulfonamides is 1. The number of nitrogens with zero attached hydrogens (tertiary/aromatic N) is 2. The van der Waals surface area contributed by atoms with E-state index in [1.165, 1.54) is 16.8 Å². The van der Waals surface area contributed by atoms with Crippen LogP contribution in [0.3, 0.4) is 0 Å². The number of ether oxygens (including phenoxy) is 2. The Kier molecular flexibility index (Phi) is 13.9. The number of aliphatic hydroxyl groups excluding tert-OH is 1. The summed E-state index contributed by atoms with van der Waals surface area (Å²) >= 11 is 0. The van der Waals surface area contributed by atoms with Crippen LogP contribution >= 0.6 is 0 Å². The van der Waals surface area contributed by atoms with E-state index < -0.39 is 39.6 Å². The zero-order valence-corrected chi connectivity index (χ0v) is 28.8. The Morgan fingerprint density at radius 2 is 1.88 bits per heavy atom. The monoisotopic (exact) mass is 686 g/mol. The van der Waals surface area contributed by atoms with Crippen molar-refractivity contribution < 1.29 is 41.7 Å². The van der Waals surface area contributed by atoms with Crippen molar-refractivity contribution in [3.8, 4) is 0 Å². The van der Waals surface area contributed by atoms with Gasteiger partial charge in [0.05, 0.1) is 41.7 Å². The molecule has 0 aliphatic heterocycles. The highest BCUT2D eigenvalue weighted by atomic mass is 32.2. The molecule has 1 aromatic carbocycles. The standard InChI is InChI=1S/C36H50N2O9S/c1-5-7-8-12-19-45-33-22-28(44-4)16-17-34(33)48(42,43)37(23-26(3)13-6-2)24-32(39)30(21-27-14-10-9-11-15-27)38(36(40)41)31-25-47-35-29(31)18-20-46-35/h5-6,9-11,14-15,18,20,25-26,28,30,32-34,39H,1-2,7-8,12-13,16-17,19,21-24H2,3-4H3,(H,40,41)/t26?,28?,30-,32+,33?,34?/m0/s1. The van der Waals surface area contributed by atoms with Gasteiger partial charge in [0, 0.05) is 33.2 Å². The number of benzene rings is 1. The number of fused-ring (bicyclic) bond motifs is 1. The van der Waals surface area contributed by atoms with Crippen LogP contribution in [0.2, 0.25) is 0 Å². The normalized spacial score (nSPS) is 20.4. The summed E-state index contributed by atoms with van der Waals surface area (Å²) in [5.74, 6) is 0.0366. The smallest absolute Gasteiger partial charge is 0.412 e. The van der Waals surface area contributed by atoms with Crippen molar-refractivity contribution in [1.82, 2.24) is 4.31 Å². The lowest BCUT2D eigenvalue weighted by Crippen LogP contribution is -2.56. The fourth-order valence-electron chi connectivity index (χ4n) is 6.55. The summed E-state index contributed by atoms with van der Waals surface area (Å²) in [6, 6.07) is 9.71. The van der Waals surface area contributed by atoms with E-state index in [9.17, 15) is 23.4 Å². The topological polar surface area (TPSA) is 143 Å². The van der Waals surface area contributed by atoms with Crippen molar-refractivity contribution in [2.75, 3.05) is 31.7 Å². The Morgan fingerprint density at radius 1 is 1.10 bits per heavy atom. The van der Waals surface area contributed by atoms with Gasteiger partial charge in [-0.2, -0.15) is 4.31 Å². The Morgan fingerprint density at radius 3 is 2.56 bits per heavy atom. The highest BCUT2D eigenvalue weighted by Gasteiger charge is 2.44. The molecule has 1 fully saturated rings. The van der Waals surface area contributed by atoms with Gasteiger partial charge in [0.25, 0.3) is 5.78 Å². The van der Waals surface area contributed by atoms with Crippen molar-refractivity contribution in [3.63, 3.8) is 0 Å². The molecule has 0 spiro atoms. The predicted molar refractivity (Wildman–Crippen MR) is 186 cm³/mol. The minimum absolute atomic E-state index is 0.111. The summed E-state index contributed by atoms with van der Waals surface area (Å²) in [6.07, 6.45) is 7.32. The number of furan rings is 2. The van der Waals surface area contributed by atoms with Crippen LogP contribution < -0.4 is 4.90 Å². The van der Waals surface area contributed by atoms with Crippen LogP contribution in [0.1, 0.15) is 57.4 Å². The summed E-state index contributed by atoms with van der Waals surface area (Å²) in [5, 5.41) is 22.1. The van der Waals surface area contributed by atoms with Crippen LogP contribution in [0.4, 0.5) is 10.5 Å². The largest absolute Gasteiger partial charge is 0.465 e. The molecule has 3 aromatic rings. The molecule has 1 saturated carbocycles. The number of rotatable bonds is 20. The SMILES string of the molecule is C=CCCCCOC1CC(OC)CCC1S(=O)(=O)N(CC(C)CC=C)C[C@@H](O)[C@H](Cc1ccccc1)N(C(=O)O)c1coc2occc12. The van der Waals surface area contributed by atoms with E-state index in [-0.39, 0.29) is 43.0 Å². The molecular formula is C36H50N2O9S. The number of carbonyl (C=O) groups is 1. The quantitative estimate of drug-likeness (QED) is 0.0988. The van der Waals surface area contributed by atoms with Gasteiger partial charge in [0.1, 0.15) is 11.5 Å². The second kappa shape index (κ2) is 17.8. The third-order valence-corrected chi connectivity index (χ3v) is 11.4. The van der Waals surface area contributed by atoms with Gasteiger partial charge in [0.2, 0.25) is 10.0 Å². The number of unbranched alkanes of at least 4 members (excludes halogenated alkanes) is 2. The first kappa shape index (κ1) is 37.4. The van der Waals surface area contributed by atoms with E-state index in [2.05, 4.69) is 13.2 Å². The summed E-state index contributed by atoms with van der Waals surface area (Å²) in [7, 11) is -2.43. The number of hydrogen-bond acceptors (Lipinski definition) is 8. The van der Waals surface area contributed by atoms with E-state index in [1.807, 2.05) is 43.3 Å². The summed E-state index contributed by atoms with van der Waals surface area (Å²) < 4.78 is 53.3. The number of allylic oxidation sites excluding steroid dienone is 2. The Bertz CT molecular complexity index is 1550. The zero-order chi connectivity index (χ0) is 34.7. The van der Waals surface area contributed by atoms with Gasteiger partial charge in [-0.3, -0.25) is 4.90 Å². The van der Waals surface area contributed by atoms with E-state index in [1.54, 1.807) is 19.3 Å². The fraction of sp³-hybridized carbons (Fsp3) is 0.528. The van der Waals surface area contributed by atoms with E-state index in [0.717, 1.165) is 29.7 Å². The van der Waals surface area contributed by atoms with Crippen LogP contribution in [0.15, 0.2) is 83.1 Å². The van der Waals surface area contributed by atoms with E-state index in [0.29, 0.717) is 37.7 Å². The van der Waals surface area contributed by atoms with Crippen LogP contribution in [-0.4, -0.2) is 85.4 Å². The summed E-state index contributed by atoms with van der Waals surface area (Å²) in [6.45, 7) is 9.72. The van der Waals surface area contributed by atoms with Crippen LogP contribution in [0, 0.1) is 5.92 Å². The number of hydrogen-bond donors (Lipinski definition) is 2. The van der Waals surface area contributed by atoms with Crippen molar-refractivity contribution in [1.29, 1.82) is 0 Å². The number of aliphatic hydroxyl groups is 1. The molecule has 12 heteroatoms. The molecule has 0 bridgehead atoms. The highest BCUT2D eigenvalue weighted by Crippen LogP contribution is 2.35. The molecule has 48 heavy (non-hydrogen) atoms. The van der Waals surface area contributed by atoms with Crippen LogP contribution in [-0.2, 0) is 25.9 Å². The maximum atomic E-state index is 14.7. The molecule has 264 valence electrons. The van der Waals surface area contributed by atoms with Gasteiger partial charge in [-0.15, -0.1) is 13.2 Å². The lowest BCUT2D eigenvalue weighted by Gasteiger charge is -2.40. The van der Waals surface area contributed by atoms with Crippen molar-refractivity contribution in [2.24, 2.45) is 5.92 Å². The molecule has 1 aliphatic rings. The average Bonchev–Trinajstić information content (AvgIpc) is 3.69. The Balaban J connectivity index is 1.68. The van der Waals surface area contributed by atoms with E-state index >= 15 is 0 Å². The van der Waals surface area contributed by atoms with Gasteiger partial charge in [-0.25, -0.2) is 13.2 Å². The third kappa shape index (κ3) is 9.38. The minimum Gasteiger partial charge on any atom is -0.465 e. The van der Waals surface area contributed by atoms with E-state index in [4.69, 9.17) is 18.3 Å². The summed E-state index contributed by atoms with van der Waals surface area (Å²) in [5.41, 5.74) is 0.973. The number of amides is 1. The Hall–Kier alpha value is -3.42. The molecule has 2 heterocycles. The molecule has 1 amide bonds. The minimum atomic E-state index is -4.05. The van der Waals surface area contributed by atoms with Gasteiger partial charge in [-0.05, 0) is 62.5 Å². The molecule has 2 N–H and O–H groups in total. The van der Waals surface area contributed by atoms with Gasteiger partial charge >= 0.3 is 6.09 Å². The number of anilines is 1. The van der Waals surface area contributed by atoms with Gasteiger partial charge in [0.15, 0.2) is 0 Å². The molecule has 0 saturated heterocycles. The first-order valence-electron chi connectivity index (χ1n) is 16.6. The maximum absolute atomic E-state index is 14.7. The second-order valence-corrected chi connectivity index (χ2v) is 14.8. The maximum Gasteiger partial charge on any atom is 0.412 e. The lowest BCUT2D eigenvalue weighted by molar-refractivity contribution is -0.0289. The first-order valence-corrected chi connectivity index (χ1v) is 18.1. The number of methoxy groups -OCH3 is 1. The molecule has 6 atom stereocenters.